The minimum Gasteiger partial charge on any atom is -0.456 e. The van der Waals surface area contributed by atoms with Crippen LogP contribution in [-0.2, 0) is 21.7 Å². The molecular weight excluding hydrogens is 789 g/mol. The lowest BCUT2D eigenvalue weighted by molar-refractivity contribution is 0.442. The molecular formula is C62H70N2O. The fourth-order valence-electron chi connectivity index (χ4n) is 10.0. The molecule has 9 rings (SSSR count). The Hall–Kier alpha value is -5.80. The monoisotopic (exact) mass is 859 g/mol. The largest absolute Gasteiger partial charge is 0.456 e. The molecule has 0 unspecified atom stereocenters. The highest BCUT2D eigenvalue weighted by Crippen LogP contribution is 2.49. The summed E-state index contributed by atoms with van der Waals surface area (Å²) in [6.45, 7) is 27.4. The summed E-state index contributed by atoms with van der Waals surface area (Å²) in [5.41, 5.74) is 15.8. The van der Waals surface area contributed by atoms with Gasteiger partial charge in [0.1, 0.15) is 11.2 Å². The maximum absolute atomic E-state index is 7.25. The lowest BCUT2D eigenvalue weighted by Crippen LogP contribution is -2.17. The van der Waals surface area contributed by atoms with E-state index in [0.717, 1.165) is 57.8 Å². The highest BCUT2D eigenvalue weighted by molar-refractivity contribution is 6.12. The Morgan fingerprint density at radius 2 is 0.800 bits per heavy atom. The first-order chi connectivity index (χ1) is 30.7. The number of rotatable bonds is 7. The van der Waals surface area contributed by atoms with E-state index in [9.17, 15) is 0 Å². The van der Waals surface area contributed by atoms with Crippen molar-refractivity contribution in [3.63, 3.8) is 0 Å². The van der Waals surface area contributed by atoms with Crippen LogP contribution in [0.3, 0.4) is 0 Å². The number of nitrogens with zero attached hydrogens (tertiary/aromatic N) is 2. The molecule has 7 aromatic carbocycles. The zero-order chi connectivity index (χ0) is 46.1. The van der Waals surface area contributed by atoms with Crippen LogP contribution in [0.15, 0.2) is 144 Å². The van der Waals surface area contributed by atoms with Crippen molar-refractivity contribution in [3.8, 4) is 0 Å². The second-order valence-electron chi connectivity index (χ2n) is 23.1. The lowest BCUT2D eigenvalue weighted by atomic mass is 9.82. The van der Waals surface area contributed by atoms with Gasteiger partial charge in [0.15, 0.2) is 0 Å². The van der Waals surface area contributed by atoms with Crippen molar-refractivity contribution in [2.24, 2.45) is 0 Å². The fraction of sp³-hybridized carbons (Fsp3) is 0.355. The molecule has 65 heavy (non-hydrogen) atoms. The van der Waals surface area contributed by atoms with Gasteiger partial charge in [-0.05, 0) is 158 Å². The maximum Gasteiger partial charge on any atom is 0.140 e. The number of benzene rings is 7. The van der Waals surface area contributed by atoms with E-state index < -0.39 is 0 Å². The van der Waals surface area contributed by atoms with Gasteiger partial charge in [-0.15, -0.1) is 0 Å². The van der Waals surface area contributed by atoms with Gasteiger partial charge in [0.25, 0.3) is 0 Å². The number of anilines is 6. The molecule has 0 atom stereocenters. The summed E-state index contributed by atoms with van der Waals surface area (Å²) in [5.74, 6) is 0.400. The van der Waals surface area contributed by atoms with Crippen LogP contribution in [0.1, 0.15) is 149 Å². The smallest absolute Gasteiger partial charge is 0.140 e. The van der Waals surface area contributed by atoms with Crippen molar-refractivity contribution < 1.29 is 4.42 Å². The van der Waals surface area contributed by atoms with Crippen molar-refractivity contribution in [1.29, 1.82) is 0 Å². The minimum absolute atomic E-state index is 0.0656. The summed E-state index contributed by atoms with van der Waals surface area (Å²) in [5, 5.41) is 4.74. The van der Waals surface area contributed by atoms with Gasteiger partial charge >= 0.3 is 0 Å². The summed E-state index contributed by atoms with van der Waals surface area (Å²) in [7, 11) is 0. The van der Waals surface area contributed by atoms with Crippen molar-refractivity contribution in [2.45, 2.75) is 143 Å². The molecule has 1 aliphatic rings. The van der Waals surface area contributed by atoms with Gasteiger partial charge in [-0.1, -0.05) is 157 Å². The van der Waals surface area contributed by atoms with Crippen LogP contribution in [0.4, 0.5) is 34.1 Å². The van der Waals surface area contributed by atoms with Crippen molar-refractivity contribution in [1.82, 2.24) is 0 Å². The highest BCUT2D eigenvalue weighted by atomic mass is 16.3. The summed E-state index contributed by atoms with van der Waals surface area (Å²) >= 11 is 0. The van der Waals surface area contributed by atoms with Crippen LogP contribution < -0.4 is 9.80 Å². The predicted octanol–water partition coefficient (Wildman–Crippen LogP) is 18.9. The molecule has 0 amide bonds. The van der Waals surface area contributed by atoms with E-state index in [1.807, 2.05) is 0 Å². The molecule has 0 aliphatic heterocycles. The van der Waals surface area contributed by atoms with E-state index in [4.69, 9.17) is 4.42 Å². The average molecular weight is 859 g/mol. The van der Waals surface area contributed by atoms with E-state index in [2.05, 4.69) is 232 Å². The molecule has 8 aromatic rings. The lowest BCUT2D eigenvalue weighted by Gasteiger charge is -2.32. The zero-order valence-electron chi connectivity index (χ0n) is 41.2. The molecule has 1 aromatic heterocycles. The molecule has 0 radical (unpaired) electrons. The molecule has 0 bridgehead atoms. The number of hydrogen-bond donors (Lipinski definition) is 0. The quantitative estimate of drug-likeness (QED) is 0.159. The molecule has 1 aliphatic carbocycles. The van der Waals surface area contributed by atoms with Gasteiger partial charge < -0.3 is 14.2 Å². The molecule has 0 saturated heterocycles. The fourth-order valence-corrected chi connectivity index (χ4v) is 10.0. The summed E-state index contributed by atoms with van der Waals surface area (Å²) < 4.78 is 7.25. The maximum atomic E-state index is 7.25. The van der Waals surface area contributed by atoms with Crippen LogP contribution in [-0.4, -0.2) is 0 Å². The van der Waals surface area contributed by atoms with E-state index in [1.165, 1.54) is 68.9 Å². The van der Waals surface area contributed by atoms with E-state index in [1.54, 1.807) is 0 Å². The molecule has 3 nitrogen and oxygen atoms in total. The minimum atomic E-state index is 0.0656. The third-order valence-electron chi connectivity index (χ3n) is 14.1. The van der Waals surface area contributed by atoms with Crippen LogP contribution in [0.2, 0.25) is 0 Å². The molecule has 334 valence electrons. The molecule has 1 fully saturated rings. The standard InChI is InChI=1S/C62H70N2O/c1-59(2,3)44-19-28-48(29-20-44)63(49-30-21-45(22-31-49)60(4,5)6)52-27-18-42-39-54-53-36-37-55(57(41-16-14-13-15-17-41)58(53)65-56(54)40-43(42)38-52)64(50-32-23-46(24-33-50)61(7,8)9)51-34-25-47(26-35-51)62(10,11)12/h18-41H,13-17H2,1-12H3. The van der Waals surface area contributed by atoms with Crippen LogP contribution >= 0.6 is 0 Å². The first-order valence-corrected chi connectivity index (χ1v) is 24.2. The molecule has 0 N–H and O–H groups in total. The van der Waals surface area contributed by atoms with Gasteiger partial charge in [0.2, 0.25) is 0 Å². The number of hydrogen-bond acceptors (Lipinski definition) is 3. The number of furan rings is 1. The Morgan fingerprint density at radius 3 is 1.23 bits per heavy atom. The average Bonchev–Trinajstić information content (AvgIpc) is 3.62. The second kappa shape index (κ2) is 16.6. The van der Waals surface area contributed by atoms with Crippen molar-refractivity contribution >= 4 is 66.8 Å². The Labute approximate surface area is 389 Å². The molecule has 3 heteroatoms. The molecule has 1 saturated carbocycles. The van der Waals surface area contributed by atoms with E-state index in [-0.39, 0.29) is 21.7 Å². The Morgan fingerprint density at radius 1 is 0.385 bits per heavy atom. The first kappa shape index (κ1) is 44.4. The number of fused-ring (bicyclic) bond motifs is 4. The van der Waals surface area contributed by atoms with Crippen LogP contribution in [0, 0.1) is 0 Å². The summed E-state index contributed by atoms with van der Waals surface area (Å²) in [6.07, 6.45) is 6.10. The van der Waals surface area contributed by atoms with Crippen LogP contribution in [0.5, 0.6) is 0 Å². The van der Waals surface area contributed by atoms with Gasteiger partial charge in [-0.25, -0.2) is 0 Å². The SMILES string of the molecule is CC(C)(C)c1ccc(N(c2ccc(C(C)(C)C)cc2)c2ccc3cc4c(cc3c2)oc2c(C3CCCCC3)c(N(c3ccc(C(C)(C)C)cc3)c3ccc(C(C)(C)C)cc3)ccc24)cc1. The Balaban J connectivity index is 1.21. The molecule has 0 spiro atoms. The predicted molar refractivity (Wildman–Crippen MR) is 281 cm³/mol. The second-order valence-corrected chi connectivity index (χ2v) is 23.1. The van der Waals surface area contributed by atoms with Crippen molar-refractivity contribution in [3.05, 3.63) is 167 Å². The first-order valence-electron chi connectivity index (χ1n) is 24.2. The van der Waals surface area contributed by atoms with Gasteiger partial charge in [-0.2, -0.15) is 0 Å². The highest BCUT2D eigenvalue weighted by Gasteiger charge is 2.29. The third kappa shape index (κ3) is 8.84. The van der Waals surface area contributed by atoms with E-state index >= 15 is 0 Å². The van der Waals surface area contributed by atoms with Gasteiger partial charge in [-0.3, -0.25) is 0 Å². The Bertz CT molecular complexity index is 2840. The Kier molecular flexibility index (Phi) is 11.3. The molecule has 1 heterocycles. The van der Waals surface area contributed by atoms with Gasteiger partial charge in [0.05, 0.1) is 5.69 Å². The van der Waals surface area contributed by atoms with Crippen LogP contribution in [0.25, 0.3) is 32.7 Å². The topological polar surface area (TPSA) is 19.6 Å². The summed E-state index contributed by atoms with van der Waals surface area (Å²) in [6, 6.07) is 53.0. The third-order valence-corrected chi connectivity index (χ3v) is 14.1. The van der Waals surface area contributed by atoms with E-state index in [0.29, 0.717) is 5.92 Å². The summed E-state index contributed by atoms with van der Waals surface area (Å²) in [4.78, 5) is 4.89. The van der Waals surface area contributed by atoms with Gasteiger partial charge in [0, 0.05) is 44.8 Å². The zero-order valence-corrected chi connectivity index (χ0v) is 41.2. The van der Waals surface area contributed by atoms with Crippen molar-refractivity contribution in [2.75, 3.05) is 9.80 Å². The normalized spacial score (nSPS) is 14.4.